The van der Waals surface area contributed by atoms with E-state index in [9.17, 15) is 4.57 Å². The van der Waals surface area contributed by atoms with Crippen LogP contribution in [0.3, 0.4) is 0 Å². The normalized spacial score (nSPS) is 11.9. The quantitative estimate of drug-likeness (QED) is 0.458. The van der Waals surface area contributed by atoms with E-state index < -0.39 is 4.55 Å². The van der Waals surface area contributed by atoms with Crippen molar-refractivity contribution >= 4 is 35.5 Å². The first kappa shape index (κ1) is 13.2. The Morgan fingerprint density at radius 2 is 1.50 bits per heavy atom. The van der Waals surface area contributed by atoms with Crippen molar-refractivity contribution < 1.29 is 4.57 Å². The monoisotopic (exact) mass is 318 g/mol. The molecule has 0 saturated heterocycles. The van der Waals surface area contributed by atoms with Crippen molar-refractivity contribution in [1.82, 2.24) is 0 Å². The Labute approximate surface area is 91.5 Å². The molecular formula is C8H17Br2OP. The fourth-order valence-corrected chi connectivity index (χ4v) is 3.17. The molecule has 0 unspecified atom stereocenters. The van der Waals surface area contributed by atoms with Crippen LogP contribution in [-0.4, -0.2) is 6.16 Å². The van der Waals surface area contributed by atoms with Crippen LogP contribution in [0.25, 0.3) is 0 Å². The summed E-state index contributed by atoms with van der Waals surface area (Å²) in [6, 6.07) is 0. The first-order chi connectivity index (χ1) is 5.56. The molecule has 0 aromatic carbocycles. The molecular weight excluding hydrogens is 303 g/mol. The highest BCUT2D eigenvalue weighted by Crippen LogP contribution is 2.61. The van der Waals surface area contributed by atoms with Crippen LogP contribution in [0.4, 0.5) is 0 Å². The van der Waals surface area contributed by atoms with Crippen LogP contribution < -0.4 is 0 Å². The zero-order valence-corrected chi connectivity index (χ0v) is 11.6. The summed E-state index contributed by atoms with van der Waals surface area (Å²) in [5, 5.41) is 0. The topological polar surface area (TPSA) is 17.1 Å². The standard InChI is InChI=1S/C8H17Br2OP/c1-2-3-4-5-6-7-8-12(9,10)11/h2-8H2,1H3. The van der Waals surface area contributed by atoms with Crippen LogP contribution in [0.1, 0.15) is 45.4 Å². The van der Waals surface area contributed by atoms with Crippen LogP contribution in [0.15, 0.2) is 0 Å². The van der Waals surface area contributed by atoms with Gasteiger partial charge >= 0.3 is 0 Å². The minimum atomic E-state index is -2.10. The van der Waals surface area contributed by atoms with E-state index in [1.165, 1.54) is 32.1 Å². The predicted molar refractivity (Wildman–Crippen MR) is 63.7 cm³/mol. The van der Waals surface area contributed by atoms with Gasteiger partial charge in [0, 0.05) is 6.16 Å². The Morgan fingerprint density at radius 3 is 2.00 bits per heavy atom. The van der Waals surface area contributed by atoms with E-state index in [1.807, 2.05) is 0 Å². The third kappa shape index (κ3) is 11.2. The van der Waals surface area contributed by atoms with Gasteiger partial charge in [-0.25, -0.2) is 0 Å². The van der Waals surface area contributed by atoms with Crippen molar-refractivity contribution in [2.75, 3.05) is 6.16 Å². The maximum atomic E-state index is 11.1. The van der Waals surface area contributed by atoms with Crippen molar-refractivity contribution in [3.63, 3.8) is 0 Å². The zero-order chi connectivity index (χ0) is 9.45. The fraction of sp³-hybridized carbons (Fsp3) is 1.00. The maximum absolute atomic E-state index is 11.1. The molecule has 0 saturated carbocycles. The largest absolute Gasteiger partial charge is 0.300 e. The highest BCUT2D eigenvalue weighted by molar-refractivity contribution is 9.70. The molecule has 1 nitrogen and oxygen atoms in total. The molecule has 12 heavy (non-hydrogen) atoms. The van der Waals surface area contributed by atoms with Gasteiger partial charge in [-0.1, -0.05) is 39.0 Å². The summed E-state index contributed by atoms with van der Waals surface area (Å²) in [6.45, 7) is 2.21. The van der Waals surface area contributed by atoms with Gasteiger partial charge < -0.3 is 0 Å². The minimum Gasteiger partial charge on any atom is -0.300 e. The van der Waals surface area contributed by atoms with Crippen LogP contribution >= 0.6 is 35.5 Å². The van der Waals surface area contributed by atoms with E-state index in [1.54, 1.807) is 0 Å². The van der Waals surface area contributed by atoms with Crippen molar-refractivity contribution in [2.24, 2.45) is 0 Å². The molecule has 0 aliphatic carbocycles. The average molecular weight is 320 g/mol. The highest BCUT2D eigenvalue weighted by Gasteiger charge is 2.10. The van der Waals surface area contributed by atoms with E-state index in [0.717, 1.165) is 12.6 Å². The van der Waals surface area contributed by atoms with Crippen LogP contribution in [0.5, 0.6) is 0 Å². The molecule has 0 radical (unpaired) electrons. The lowest BCUT2D eigenvalue weighted by molar-refractivity contribution is 0.587. The second kappa shape index (κ2) is 7.58. The molecule has 0 spiro atoms. The maximum Gasteiger partial charge on any atom is 0.208 e. The summed E-state index contributed by atoms with van der Waals surface area (Å²) in [7, 11) is 0. The molecule has 0 aliphatic heterocycles. The Balaban J connectivity index is 3.06. The lowest BCUT2D eigenvalue weighted by Crippen LogP contribution is -1.81. The summed E-state index contributed by atoms with van der Waals surface area (Å²) in [4.78, 5) is 0. The summed E-state index contributed by atoms with van der Waals surface area (Å²) >= 11 is 6.27. The van der Waals surface area contributed by atoms with Crippen molar-refractivity contribution in [3.05, 3.63) is 0 Å². The van der Waals surface area contributed by atoms with Gasteiger partial charge in [0.15, 0.2) is 0 Å². The Bertz CT molecular complexity index is 144. The van der Waals surface area contributed by atoms with E-state index >= 15 is 0 Å². The van der Waals surface area contributed by atoms with Crippen molar-refractivity contribution in [3.8, 4) is 0 Å². The third-order valence-corrected chi connectivity index (χ3v) is 4.74. The first-order valence-electron chi connectivity index (χ1n) is 4.54. The van der Waals surface area contributed by atoms with E-state index in [0.29, 0.717) is 0 Å². The lowest BCUT2D eigenvalue weighted by Gasteiger charge is -2.01. The number of hydrogen-bond donors (Lipinski definition) is 0. The second-order valence-electron chi connectivity index (χ2n) is 3.06. The van der Waals surface area contributed by atoms with Gasteiger partial charge in [-0.05, 0) is 37.4 Å². The van der Waals surface area contributed by atoms with E-state index in [-0.39, 0.29) is 0 Å². The fourth-order valence-electron chi connectivity index (χ4n) is 1.08. The van der Waals surface area contributed by atoms with Gasteiger partial charge in [0.2, 0.25) is 4.55 Å². The van der Waals surface area contributed by atoms with E-state index in [2.05, 4.69) is 37.9 Å². The van der Waals surface area contributed by atoms with Gasteiger partial charge in [0.05, 0.1) is 0 Å². The van der Waals surface area contributed by atoms with Crippen LogP contribution in [-0.2, 0) is 4.57 Å². The van der Waals surface area contributed by atoms with Gasteiger partial charge in [0.25, 0.3) is 0 Å². The van der Waals surface area contributed by atoms with Crippen LogP contribution in [0.2, 0.25) is 0 Å². The highest BCUT2D eigenvalue weighted by atomic mass is 79.9. The third-order valence-electron chi connectivity index (χ3n) is 1.77. The number of hydrogen-bond acceptors (Lipinski definition) is 1. The molecule has 74 valence electrons. The van der Waals surface area contributed by atoms with Crippen molar-refractivity contribution in [2.45, 2.75) is 45.4 Å². The number of rotatable bonds is 7. The SMILES string of the molecule is CCCCCCCCP(=O)(Br)Br. The average Bonchev–Trinajstić information content (AvgIpc) is 1.94. The molecule has 0 amide bonds. The summed E-state index contributed by atoms with van der Waals surface area (Å²) in [6.07, 6.45) is 8.28. The summed E-state index contributed by atoms with van der Waals surface area (Å²) in [5.74, 6) is 0. The first-order valence-corrected chi connectivity index (χ1v) is 10.5. The van der Waals surface area contributed by atoms with Crippen molar-refractivity contribution in [1.29, 1.82) is 0 Å². The molecule has 0 heterocycles. The zero-order valence-electron chi connectivity index (χ0n) is 7.56. The number of halogens is 2. The van der Waals surface area contributed by atoms with Gasteiger partial charge in [-0.15, -0.1) is 0 Å². The lowest BCUT2D eigenvalue weighted by atomic mass is 10.1. The molecule has 0 atom stereocenters. The molecule has 0 N–H and O–H groups in total. The molecule has 0 fully saturated rings. The van der Waals surface area contributed by atoms with Gasteiger partial charge in [-0.2, -0.15) is 0 Å². The van der Waals surface area contributed by atoms with Crippen LogP contribution in [0, 0.1) is 0 Å². The molecule has 0 aromatic heterocycles. The predicted octanol–water partition coefficient (Wildman–Crippen LogP) is 5.33. The minimum absolute atomic E-state index is 0.777. The van der Waals surface area contributed by atoms with E-state index in [4.69, 9.17) is 0 Å². The second-order valence-corrected chi connectivity index (χ2v) is 14.4. The Morgan fingerprint density at radius 1 is 1.00 bits per heavy atom. The molecule has 0 bridgehead atoms. The summed E-state index contributed by atoms with van der Waals surface area (Å²) < 4.78 is 9.04. The number of unbranched alkanes of at least 4 members (excludes halogenated alkanes) is 5. The molecule has 4 heteroatoms. The van der Waals surface area contributed by atoms with Gasteiger partial charge in [-0.3, -0.25) is 4.57 Å². The molecule has 0 rings (SSSR count). The molecule has 0 aliphatic rings. The van der Waals surface area contributed by atoms with Gasteiger partial charge in [0.1, 0.15) is 0 Å². The molecule has 0 aromatic rings. The Hall–Kier alpha value is 1.19. The smallest absolute Gasteiger partial charge is 0.208 e. The Kier molecular flexibility index (Phi) is 8.33. The summed E-state index contributed by atoms with van der Waals surface area (Å²) in [5.41, 5.74) is 0.